The molecule has 0 nitrogen and oxygen atoms in total. The molecule has 0 saturated carbocycles. The van der Waals surface area contributed by atoms with Crippen molar-refractivity contribution in [2.24, 2.45) is 11.3 Å². The van der Waals surface area contributed by atoms with E-state index >= 15 is 0 Å². The van der Waals surface area contributed by atoms with Crippen LogP contribution in [0.5, 0.6) is 0 Å². The summed E-state index contributed by atoms with van der Waals surface area (Å²) in [6, 6.07) is 2.17. The van der Waals surface area contributed by atoms with Crippen LogP contribution in [0.4, 0.5) is 0 Å². The van der Waals surface area contributed by atoms with Crippen molar-refractivity contribution < 1.29 is 0 Å². The lowest BCUT2D eigenvalue weighted by atomic mass is 9.79. The smallest absolute Gasteiger partial charge is 0.0379 e. The Kier molecular flexibility index (Phi) is 4.66. The van der Waals surface area contributed by atoms with Crippen molar-refractivity contribution in [2.75, 3.05) is 0 Å². The van der Waals surface area contributed by atoms with E-state index in [9.17, 15) is 0 Å². The zero-order valence-electron chi connectivity index (χ0n) is 10.1. The van der Waals surface area contributed by atoms with Crippen LogP contribution in [0, 0.1) is 11.3 Å². The van der Waals surface area contributed by atoms with E-state index in [1.165, 1.54) is 5.56 Å². The van der Waals surface area contributed by atoms with Crippen LogP contribution in [0.15, 0.2) is 16.8 Å². The minimum atomic E-state index is 0.272. The predicted octanol–water partition coefficient (Wildman–Crippen LogP) is 4.97. The van der Waals surface area contributed by atoms with Crippen LogP contribution in [0.2, 0.25) is 0 Å². The molecule has 1 rings (SSSR count). The number of rotatable bonds is 4. The first kappa shape index (κ1) is 13.1. The summed E-state index contributed by atoms with van der Waals surface area (Å²) in [5.41, 5.74) is 1.74. The van der Waals surface area contributed by atoms with Gasteiger partial charge in [0.25, 0.3) is 0 Å². The van der Waals surface area contributed by atoms with Crippen molar-refractivity contribution in [1.29, 1.82) is 0 Å². The first-order chi connectivity index (χ1) is 6.89. The Balaban J connectivity index is 2.39. The molecule has 0 radical (unpaired) electrons. The fourth-order valence-electron chi connectivity index (χ4n) is 1.49. The predicted molar refractivity (Wildman–Crippen MR) is 70.9 cm³/mol. The van der Waals surface area contributed by atoms with Gasteiger partial charge in [-0.1, -0.05) is 27.7 Å². The van der Waals surface area contributed by atoms with Crippen LogP contribution in [0.25, 0.3) is 0 Å². The van der Waals surface area contributed by atoms with Gasteiger partial charge >= 0.3 is 0 Å². The zero-order valence-corrected chi connectivity index (χ0v) is 11.7. The molecule has 15 heavy (non-hydrogen) atoms. The fourth-order valence-corrected chi connectivity index (χ4v) is 2.61. The first-order valence-electron chi connectivity index (χ1n) is 5.54. The van der Waals surface area contributed by atoms with E-state index in [0.29, 0.717) is 11.3 Å². The number of halogens is 1. The lowest BCUT2D eigenvalue weighted by Crippen LogP contribution is -2.21. The Labute approximate surface area is 103 Å². The minimum Gasteiger partial charge on any atom is -0.152 e. The summed E-state index contributed by atoms with van der Waals surface area (Å²) in [5, 5.41) is 4.58. The van der Waals surface area contributed by atoms with Crippen LogP contribution in [-0.2, 0) is 6.42 Å². The van der Waals surface area contributed by atoms with Crippen molar-refractivity contribution in [2.45, 2.75) is 45.9 Å². The Morgan fingerprint density at radius 3 is 2.53 bits per heavy atom. The molecule has 0 bridgehead atoms. The third kappa shape index (κ3) is 4.56. The van der Waals surface area contributed by atoms with E-state index in [-0.39, 0.29) is 5.38 Å². The molecular formula is C13H21ClS. The highest BCUT2D eigenvalue weighted by atomic mass is 35.5. The molecule has 1 aromatic heterocycles. The molecule has 0 aliphatic rings. The highest BCUT2D eigenvalue weighted by Gasteiger charge is 2.22. The summed E-state index contributed by atoms with van der Waals surface area (Å²) < 4.78 is 0. The summed E-state index contributed by atoms with van der Waals surface area (Å²) >= 11 is 8.13. The van der Waals surface area contributed by atoms with Crippen molar-refractivity contribution >= 4 is 22.9 Å². The van der Waals surface area contributed by atoms with Gasteiger partial charge in [-0.2, -0.15) is 11.3 Å². The molecule has 0 amide bonds. The van der Waals surface area contributed by atoms with Gasteiger partial charge in [-0.05, 0) is 46.6 Å². The summed E-state index contributed by atoms with van der Waals surface area (Å²) in [6.45, 7) is 9.15. The van der Waals surface area contributed by atoms with Gasteiger partial charge in [0.1, 0.15) is 0 Å². The van der Waals surface area contributed by atoms with Crippen molar-refractivity contribution in [1.82, 2.24) is 0 Å². The van der Waals surface area contributed by atoms with Crippen LogP contribution < -0.4 is 0 Å². The van der Waals surface area contributed by atoms with Crippen LogP contribution in [0.1, 0.15) is 39.7 Å². The molecule has 0 N–H and O–H groups in total. The zero-order chi connectivity index (χ0) is 11.5. The van der Waals surface area contributed by atoms with Crippen LogP contribution >= 0.6 is 22.9 Å². The van der Waals surface area contributed by atoms with E-state index < -0.39 is 0 Å². The molecule has 86 valence electrons. The Hall–Kier alpha value is -0.0100. The topological polar surface area (TPSA) is 0 Å². The summed E-state index contributed by atoms with van der Waals surface area (Å²) in [6.07, 6.45) is 2.10. The highest BCUT2D eigenvalue weighted by Crippen LogP contribution is 2.31. The van der Waals surface area contributed by atoms with Crippen molar-refractivity contribution in [3.05, 3.63) is 22.4 Å². The number of hydrogen-bond acceptors (Lipinski definition) is 1. The average Bonchev–Trinajstić information content (AvgIpc) is 2.54. The molecule has 0 aliphatic heterocycles. The summed E-state index contributed by atoms with van der Waals surface area (Å²) in [7, 11) is 0. The molecule has 0 fully saturated rings. The van der Waals surface area contributed by atoms with Crippen molar-refractivity contribution in [3.63, 3.8) is 0 Å². The molecule has 1 heterocycles. The lowest BCUT2D eigenvalue weighted by Gasteiger charge is -2.28. The van der Waals surface area contributed by atoms with Gasteiger partial charge in [-0.25, -0.2) is 0 Å². The second-order valence-corrected chi connectivity index (χ2v) is 6.83. The van der Waals surface area contributed by atoms with Gasteiger partial charge in [0.05, 0.1) is 0 Å². The van der Waals surface area contributed by atoms with E-state index in [1.807, 2.05) is 0 Å². The SMILES string of the molecule is CC(CC(Cl)Cc1ccsc1)C(C)(C)C. The molecule has 1 aromatic rings. The standard InChI is InChI=1S/C13H21ClS/c1-10(13(2,3)4)7-12(14)8-11-5-6-15-9-11/h5-6,9-10,12H,7-8H2,1-4H3. The largest absolute Gasteiger partial charge is 0.152 e. The second kappa shape index (κ2) is 5.36. The minimum absolute atomic E-state index is 0.272. The van der Waals surface area contributed by atoms with Crippen molar-refractivity contribution in [3.8, 4) is 0 Å². The first-order valence-corrected chi connectivity index (χ1v) is 6.92. The van der Waals surface area contributed by atoms with E-state index in [4.69, 9.17) is 11.6 Å². The fraction of sp³-hybridized carbons (Fsp3) is 0.692. The van der Waals surface area contributed by atoms with Gasteiger partial charge in [0, 0.05) is 5.38 Å². The second-order valence-electron chi connectivity index (χ2n) is 5.44. The molecular weight excluding hydrogens is 224 g/mol. The molecule has 0 aromatic carbocycles. The van der Waals surface area contributed by atoms with Gasteiger partial charge in [-0.15, -0.1) is 11.6 Å². The van der Waals surface area contributed by atoms with Gasteiger partial charge < -0.3 is 0 Å². The van der Waals surface area contributed by atoms with Crippen LogP contribution in [0.3, 0.4) is 0 Å². The van der Waals surface area contributed by atoms with E-state index in [0.717, 1.165) is 12.8 Å². The normalized spacial score (nSPS) is 16.3. The molecule has 2 atom stereocenters. The summed E-state index contributed by atoms with van der Waals surface area (Å²) in [4.78, 5) is 0. The van der Waals surface area contributed by atoms with Gasteiger partial charge in [0.15, 0.2) is 0 Å². The maximum Gasteiger partial charge on any atom is 0.0379 e. The Bertz CT molecular complexity index is 271. The third-order valence-electron chi connectivity index (χ3n) is 3.12. The molecule has 2 unspecified atom stereocenters. The Morgan fingerprint density at radius 1 is 1.40 bits per heavy atom. The number of alkyl halides is 1. The maximum atomic E-state index is 6.38. The molecule has 0 aliphatic carbocycles. The Morgan fingerprint density at radius 2 is 2.07 bits per heavy atom. The van der Waals surface area contributed by atoms with Gasteiger partial charge in [-0.3, -0.25) is 0 Å². The molecule has 0 spiro atoms. The van der Waals surface area contributed by atoms with E-state index in [1.54, 1.807) is 11.3 Å². The number of thiophene rings is 1. The molecule has 0 saturated heterocycles. The number of hydrogen-bond donors (Lipinski definition) is 0. The summed E-state index contributed by atoms with van der Waals surface area (Å²) in [5.74, 6) is 0.665. The third-order valence-corrected chi connectivity index (χ3v) is 4.19. The highest BCUT2D eigenvalue weighted by molar-refractivity contribution is 7.07. The average molecular weight is 245 g/mol. The van der Waals surface area contributed by atoms with Crippen LogP contribution in [-0.4, -0.2) is 5.38 Å². The van der Waals surface area contributed by atoms with Gasteiger partial charge in [0.2, 0.25) is 0 Å². The maximum absolute atomic E-state index is 6.38. The lowest BCUT2D eigenvalue weighted by molar-refractivity contribution is 0.244. The quantitative estimate of drug-likeness (QED) is 0.656. The molecule has 2 heteroatoms. The van der Waals surface area contributed by atoms with E-state index in [2.05, 4.69) is 44.5 Å². The monoisotopic (exact) mass is 244 g/mol.